The summed E-state index contributed by atoms with van der Waals surface area (Å²) < 4.78 is 0. The Morgan fingerprint density at radius 3 is 1.58 bits per heavy atom. The Labute approximate surface area is 182 Å². The molecule has 0 atom stereocenters. The van der Waals surface area contributed by atoms with Crippen molar-refractivity contribution >= 4 is 34.5 Å². The molecule has 0 aromatic heterocycles. The number of carboxylic acid groups (broad SMARTS) is 1. The van der Waals surface area contributed by atoms with E-state index in [1.807, 2.05) is 92.7 Å². The van der Waals surface area contributed by atoms with Crippen LogP contribution in [0.1, 0.15) is 11.1 Å². The maximum atomic E-state index is 12.4. The third kappa shape index (κ3) is 4.28. The number of aryl methyl sites for hydroxylation is 2. The minimum Gasteiger partial charge on any atom is -0.464 e. The predicted octanol–water partition coefficient (Wildman–Crippen LogP) is 7.59. The molecule has 154 valence electrons. The average Bonchev–Trinajstić information content (AvgIpc) is 2.78. The third-order valence-corrected chi connectivity index (χ3v) is 5.15. The van der Waals surface area contributed by atoms with Crippen LogP contribution in [0.4, 0.5) is 33.2 Å². The number of nitrogens with zero attached hydrogens (tertiary/aromatic N) is 2. The maximum Gasteiger partial charge on any atom is 0.416 e. The maximum absolute atomic E-state index is 12.4. The van der Waals surface area contributed by atoms with Crippen LogP contribution < -0.4 is 9.80 Å². The van der Waals surface area contributed by atoms with E-state index in [0.717, 1.165) is 28.2 Å². The summed E-state index contributed by atoms with van der Waals surface area (Å²) in [6.07, 6.45) is -1.03. The fraction of sp³-hybridized carbons (Fsp3) is 0.0741. The fourth-order valence-electron chi connectivity index (χ4n) is 3.59. The van der Waals surface area contributed by atoms with Crippen molar-refractivity contribution in [3.63, 3.8) is 0 Å². The normalized spacial score (nSPS) is 10.5. The van der Waals surface area contributed by atoms with Crippen LogP contribution in [0.25, 0.3) is 0 Å². The molecule has 1 amide bonds. The first-order valence-electron chi connectivity index (χ1n) is 10.2. The number of hydrogen-bond donors (Lipinski definition) is 1. The second-order valence-electron chi connectivity index (χ2n) is 7.45. The summed E-state index contributed by atoms with van der Waals surface area (Å²) in [6, 6.07) is 33.3. The molecule has 4 heteroatoms. The molecule has 0 heterocycles. The Hall–Kier alpha value is -4.05. The number of amides is 1. The van der Waals surface area contributed by atoms with Gasteiger partial charge in [-0.3, -0.25) is 0 Å². The van der Waals surface area contributed by atoms with Gasteiger partial charge in [0.2, 0.25) is 0 Å². The SMILES string of the molecule is Cc1ccc(N(C(=O)O)c2ccccc2N(c2ccccc2)c2ccc(C)cc2)cc1. The summed E-state index contributed by atoms with van der Waals surface area (Å²) in [4.78, 5) is 15.8. The van der Waals surface area contributed by atoms with Gasteiger partial charge in [0.05, 0.1) is 17.1 Å². The van der Waals surface area contributed by atoms with Crippen molar-refractivity contribution in [2.24, 2.45) is 0 Å². The summed E-state index contributed by atoms with van der Waals surface area (Å²) in [5, 5.41) is 10.1. The first-order valence-corrected chi connectivity index (χ1v) is 10.2. The van der Waals surface area contributed by atoms with Gasteiger partial charge in [-0.15, -0.1) is 0 Å². The average molecular weight is 409 g/mol. The van der Waals surface area contributed by atoms with Crippen molar-refractivity contribution in [2.75, 3.05) is 9.80 Å². The van der Waals surface area contributed by atoms with Gasteiger partial charge in [-0.25, -0.2) is 9.69 Å². The largest absolute Gasteiger partial charge is 0.464 e. The molecular formula is C27H24N2O2. The van der Waals surface area contributed by atoms with Crippen LogP contribution in [0.5, 0.6) is 0 Å². The molecule has 1 N–H and O–H groups in total. The van der Waals surface area contributed by atoms with Crippen LogP contribution in [0, 0.1) is 13.8 Å². The Balaban J connectivity index is 1.92. The molecule has 0 aliphatic rings. The highest BCUT2D eigenvalue weighted by atomic mass is 16.4. The lowest BCUT2D eigenvalue weighted by Crippen LogP contribution is -2.25. The van der Waals surface area contributed by atoms with E-state index >= 15 is 0 Å². The van der Waals surface area contributed by atoms with Crippen LogP contribution in [-0.2, 0) is 0 Å². The molecule has 0 fully saturated rings. The number of hydrogen-bond acceptors (Lipinski definition) is 2. The number of rotatable bonds is 5. The van der Waals surface area contributed by atoms with E-state index in [1.54, 1.807) is 0 Å². The quantitative estimate of drug-likeness (QED) is 0.370. The molecule has 4 aromatic rings. The Morgan fingerprint density at radius 2 is 1.03 bits per heavy atom. The predicted molar refractivity (Wildman–Crippen MR) is 127 cm³/mol. The fourth-order valence-corrected chi connectivity index (χ4v) is 3.59. The van der Waals surface area contributed by atoms with E-state index in [9.17, 15) is 9.90 Å². The van der Waals surface area contributed by atoms with E-state index in [-0.39, 0.29) is 0 Å². The van der Waals surface area contributed by atoms with Crippen molar-refractivity contribution in [1.82, 2.24) is 0 Å². The number of benzene rings is 4. The second-order valence-corrected chi connectivity index (χ2v) is 7.45. The minimum atomic E-state index is -1.03. The van der Waals surface area contributed by atoms with E-state index in [4.69, 9.17) is 0 Å². The van der Waals surface area contributed by atoms with Gasteiger partial charge in [0.15, 0.2) is 0 Å². The molecule has 4 rings (SSSR count). The van der Waals surface area contributed by atoms with Gasteiger partial charge in [0.25, 0.3) is 0 Å². The third-order valence-electron chi connectivity index (χ3n) is 5.15. The van der Waals surface area contributed by atoms with Crippen LogP contribution in [-0.4, -0.2) is 11.2 Å². The Morgan fingerprint density at radius 1 is 0.581 bits per heavy atom. The number of carbonyl (C=O) groups is 1. The minimum absolute atomic E-state index is 0.586. The summed E-state index contributed by atoms with van der Waals surface area (Å²) >= 11 is 0. The van der Waals surface area contributed by atoms with Gasteiger partial charge < -0.3 is 10.0 Å². The first-order chi connectivity index (χ1) is 15.0. The molecular weight excluding hydrogens is 384 g/mol. The molecule has 0 saturated heterocycles. The highest BCUT2D eigenvalue weighted by Crippen LogP contribution is 2.42. The topological polar surface area (TPSA) is 43.8 Å². The lowest BCUT2D eigenvalue weighted by Gasteiger charge is -2.30. The molecule has 0 saturated carbocycles. The molecule has 0 unspecified atom stereocenters. The van der Waals surface area contributed by atoms with Crippen molar-refractivity contribution in [3.8, 4) is 0 Å². The van der Waals surface area contributed by atoms with Crippen molar-refractivity contribution in [1.29, 1.82) is 0 Å². The summed E-state index contributed by atoms with van der Waals surface area (Å²) in [5.41, 5.74) is 6.11. The van der Waals surface area contributed by atoms with Crippen LogP contribution in [0.3, 0.4) is 0 Å². The molecule has 0 aliphatic heterocycles. The highest BCUT2D eigenvalue weighted by Gasteiger charge is 2.24. The summed E-state index contributed by atoms with van der Waals surface area (Å²) in [5.74, 6) is 0. The second kappa shape index (κ2) is 8.76. The van der Waals surface area contributed by atoms with Gasteiger partial charge in [-0.05, 0) is 62.4 Å². The van der Waals surface area contributed by atoms with Crippen LogP contribution in [0.15, 0.2) is 103 Å². The van der Waals surface area contributed by atoms with Gasteiger partial charge in [-0.2, -0.15) is 0 Å². The zero-order chi connectivity index (χ0) is 21.8. The van der Waals surface area contributed by atoms with E-state index in [0.29, 0.717) is 11.4 Å². The molecule has 0 radical (unpaired) electrons. The summed E-state index contributed by atoms with van der Waals surface area (Å²) in [7, 11) is 0. The standard InChI is InChI=1S/C27H24N2O2/c1-20-12-16-23(17-13-20)28(22-8-4-3-5-9-22)25-10-6-7-11-26(25)29(27(30)31)24-18-14-21(2)15-19-24/h3-19H,1-2H3,(H,30,31). The van der Waals surface area contributed by atoms with Gasteiger partial charge in [-0.1, -0.05) is 65.7 Å². The van der Waals surface area contributed by atoms with E-state index < -0.39 is 6.09 Å². The zero-order valence-corrected chi connectivity index (χ0v) is 17.6. The Kier molecular flexibility index (Phi) is 5.72. The lowest BCUT2D eigenvalue weighted by molar-refractivity contribution is 0.205. The molecule has 4 aromatic carbocycles. The van der Waals surface area contributed by atoms with Gasteiger partial charge in [0.1, 0.15) is 0 Å². The number of anilines is 5. The molecule has 0 bridgehead atoms. The Bertz CT molecular complexity index is 1170. The monoisotopic (exact) mass is 408 g/mol. The van der Waals surface area contributed by atoms with E-state index in [1.165, 1.54) is 4.90 Å². The van der Waals surface area contributed by atoms with Gasteiger partial charge in [0, 0.05) is 11.4 Å². The van der Waals surface area contributed by atoms with Crippen molar-refractivity contribution in [2.45, 2.75) is 13.8 Å². The van der Waals surface area contributed by atoms with Crippen molar-refractivity contribution < 1.29 is 9.90 Å². The first kappa shape index (κ1) is 20.2. The van der Waals surface area contributed by atoms with E-state index in [2.05, 4.69) is 29.2 Å². The highest BCUT2D eigenvalue weighted by molar-refractivity contribution is 6.00. The zero-order valence-electron chi connectivity index (χ0n) is 17.6. The molecule has 0 aliphatic carbocycles. The van der Waals surface area contributed by atoms with Crippen LogP contribution in [0.2, 0.25) is 0 Å². The van der Waals surface area contributed by atoms with Crippen LogP contribution >= 0.6 is 0 Å². The molecule has 4 nitrogen and oxygen atoms in total. The van der Waals surface area contributed by atoms with Crippen molar-refractivity contribution in [3.05, 3.63) is 114 Å². The summed E-state index contributed by atoms with van der Waals surface area (Å²) in [6.45, 7) is 4.03. The smallest absolute Gasteiger partial charge is 0.416 e. The van der Waals surface area contributed by atoms with Gasteiger partial charge >= 0.3 is 6.09 Å². The number of para-hydroxylation sites is 3. The molecule has 0 spiro atoms. The molecule has 31 heavy (non-hydrogen) atoms. The lowest BCUT2D eigenvalue weighted by atomic mass is 10.1.